The Morgan fingerprint density at radius 3 is 2.12 bits per heavy atom. The first kappa shape index (κ1) is 27.1. The van der Waals surface area contributed by atoms with Crippen LogP contribution in [0.1, 0.15) is 11.1 Å². The molecule has 0 bridgehead atoms. The van der Waals surface area contributed by atoms with Gasteiger partial charge in [0.25, 0.3) is 0 Å². The summed E-state index contributed by atoms with van der Waals surface area (Å²) >= 11 is 0. The summed E-state index contributed by atoms with van der Waals surface area (Å²) in [5.74, 6) is 0.129. The summed E-state index contributed by atoms with van der Waals surface area (Å²) in [6.45, 7) is 2.95. The first-order chi connectivity index (χ1) is 20.0. The number of para-hydroxylation sites is 1. The van der Waals surface area contributed by atoms with Crippen LogP contribution in [0.2, 0.25) is 0 Å². The zero-order valence-electron chi connectivity index (χ0n) is 22.4. The minimum absolute atomic E-state index is 0.114. The Kier molecular flexibility index (Phi) is 7.81. The van der Waals surface area contributed by atoms with Gasteiger partial charge in [0.1, 0.15) is 16.7 Å². The molecule has 0 spiro atoms. The van der Waals surface area contributed by atoms with Crippen LogP contribution in [-0.4, -0.2) is 37.7 Å². The fourth-order valence-electron chi connectivity index (χ4n) is 4.75. The van der Waals surface area contributed by atoms with Crippen LogP contribution in [0.3, 0.4) is 0 Å². The van der Waals surface area contributed by atoms with E-state index in [0.717, 1.165) is 16.8 Å². The first-order valence-corrected chi connectivity index (χ1v) is 15.1. The summed E-state index contributed by atoms with van der Waals surface area (Å²) < 4.78 is 30.5. The molecule has 1 aliphatic heterocycles. The van der Waals surface area contributed by atoms with Crippen molar-refractivity contribution in [1.82, 2.24) is 0 Å². The molecule has 4 aromatic carbocycles. The van der Waals surface area contributed by atoms with Gasteiger partial charge in [0.15, 0.2) is 11.3 Å². The molecule has 1 fully saturated rings. The van der Waals surface area contributed by atoms with Gasteiger partial charge < -0.3 is 32.7 Å². The molecule has 5 aromatic rings. The molecular weight excluding hydrogens is 541 g/mol. The average molecular weight is 572 g/mol. The summed E-state index contributed by atoms with van der Waals surface area (Å²) in [6, 6.07) is 27.8. The SMILES string of the molecule is C=P(OCc1ccccc1)(OCc1ccccc1)Oc1cccc2c(=O)c3c(O)cc(N4CCOCC4)cc3oc12. The molecule has 1 saturated heterocycles. The van der Waals surface area contributed by atoms with Gasteiger partial charge in [-0.15, -0.1) is 0 Å². The van der Waals surface area contributed by atoms with Crippen LogP contribution in [-0.2, 0) is 27.0 Å². The van der Waals surface area contributed by atoms with Crippen molar-refractivity contribution in [3.05, 3.63) is 112 Å². The second-order valence-electron chi connectivity index (χ2n) is 9.72. The maximum Gasteiger partial charge on any atom is 0.303 e. The quantitative estimate of drug-likeness (QED) is 0.159. The number of phenols is 1. The van der Waals surface area contributed by atoms with E-state index in [0.29, 0.717) is 26.3 Å². The summed E-state index contributed by atoms with van der Waals surface area (Å²) in [5.41, 5.74) is 2.74. The Morgan fingerprint density at radius 2 is 1.49 bits per heavy atom. The molecule has 6 rings (SSSR count). The topological polar surface area (TPSA) is 90.6 Å². The molecule has 0 amide bonds. The molecular formula is C32H30NO7P. The Labute approximate surface area is 237 Å². The van der Waals surface area contributed by atoms with Crippen LogP contribution >= 0.6 is 7.57 Å². The third kappa shape index (κ3) is 6.01. The monoisotopic (exact) mass is 571 g/mol. The molecule has 210 valence electrons. The van der Waals surface area contributed by atoms with Crippen molar-refractivity contribution in [1.29, 1.82) is 0 Å². The van der Waals surface area contributed by atoms with Crippen LogP contribution in [0.25, 0.3) is 21.9 Å². The summed E-state index contributed by atoms with van der Waals surface area (Å²) in [5, 5.41) is 11.2. The minimum Gasteiger partial charge on any atom is -0.507 e. The lowest BCUT2D eigenvalue weighted by molar-refractivity contribution is 0.122. The highest BCUT2D eigenvalue weighted by Gasteiger charge is 2.24. The number of anilines is 1. The lowest BCUT2D eigenvalue weighted by atomic mass is 10.1. The highest BCUT2D eigenvalue weighted by atomic mass is 31.2. The molecule has 1 N–H and O–H groups in total. The van der Waals surface area contributed by atoms with E-state index >= 15 is 0 Å². The number of aromatic hydroxyl groups is 1. The minimum atomic E-state index is -3.23. The molecule has 0 saturated carbocycles. The molecule has 2 heterocycles. The number of hydrogen-bond acceptors (Lipinski definition) is 8. The number of ether oxygens (including phenoxy) is 1. The predicted molar refractivity (Wildman–Crippen MR) is 162 cm³/mol. The Bertz CT molecular complexity index is 1720. The smallest absolute Gasteiger partial charge is 0.303 e. The molecule has 0 atom stereocenters. The highest BCUT2D eigenvalue weighted by molar-refractivity contribution is 7.60. The Hall–Kier alpha value is -4.07. The lowest BCUT2D eigenvalue weighted by Gasteiger charge is -2.29. The first-order valence-electron chi connectivity index (χ1n) is 13.3. The summed E-state index contributed by atoms with van der Waals surface area (Å²) in [6.07, 6.45) is 4.24. The van der Waals surface area contributed by atoms with Crippen LogP contribution in [0.4, 0.5) is 5.69 Å². The van der Waals surface area contributed by atoms with Crippen molar-refractivity contribution in [2.24, 2.45) is 0 Å². The number of fused-ring (bicyclic) bond motifs is 2. The molecule has 0 radical (unpaired) electrons. The standard InChI is InChI=1S/C32H30NO7P/c1-41(37-21-23-9-4-2-5-10-23,38-22-24-11-6-3-7-12-24)40-28-14-8-13-26-31(35)30-27(34)19-25(20-29(30)39-32(26)28)33-15-17-36-18-16-33/h2-14,19-20,34H,1,15-18,21-22H2. The van der Waals surface area contributed by atoms with Gasteiger partial charge in [0, 0.05) is 30.9 Å². The number of morpholine rings is 1. The molecule has 9 heteroatoms. The Morgan fingerprint density at radius 1 is 0.854 bits per heavy atom. The zero-order valence-corrected chi connectivity index (χ0v) is 23.3. The van der Waals surface area contributed by atoms with Gasteiger partial charge in [-0.3, -0.25) is 4.79 Å². The molecule has 0 aliphatic carbocycles. The second kappa shape index (κ2) is 11.8. The van der Waals surface area contributed by atoms with E-state index in [1.54, 1.807) is 30.3 Å². The van der Waals surface area contributed by atoms with Crippen LogP contribution in [0, 0.1) is 0 Å². The number of hydrogen-bond donors (Lipinski definition) is 1. The largest absolute Gasteiger partial charge is 0.507 e. The van der Waals surface area contributed by atoms with Crippen LogP contribution in [0.5, 0.6) is 11.5 Å². The van der Waals surface area contributed by atoms with Gasteiger partial charge in [0.2, 0.25) is 5.43 Å². The fraction of sp³-hybridized carbons (Fsp3) is 0.188. The van der Waals surface area contributed by atoms with E-state index in [1.165, 1.54) is 0 Å². The molecule has 0 unspecified atom stereocenters. The third-order valence-electron chi connectivity index (χ3n) is 6.88. The number of nitrogens with zero attached hydrogens (tertiary/aromatic N) is 1. The van der Waals surface area contributed by atoms with Crippen molar-refractivity contribution in [3.63, 3.8) is 0 Å². The van der Waals surface area contributed by atoms with Crippen molar-refractivity contribution < 1.29 is 27.8 Å². The van der Waals surface area contributed by atoms with E-state index in [4.69, 9.17) is 22.7 Å². The number of benzene rings is 4. The van der Waals surface area contributed by atoms with Crippen molar-refractivity contribution in [3.8, 4) is 11.5 Å². The maximum absolute atomic E-state index is 13.6. The van der Waals surface area contributed by atoms with Crippen LogP contribution in [0.15, 0.2) is 100 Å². The van der Waals surface area contributed by atoms with Gasteiger partial charge in [-0.25, -0.2) is 0 Å². The molecule has 1 aliphatic rings. The third-order valence-corrected chi connectivity index (χ3v) is 8.40. The van der Waals surface area contributed by atoms with Crippen molar-refractivity contribution >= 4 is 41.5 Å². The second-order valence-corrected chi connectivity index (χ2v) is 11.6. The molecule has 8 nitrogen and oxygen atoms in total. The van der Waals surface area contributed by atoms with Gasteiger partial charge >= 0.3 is 7.57 Å². The normalized spacial score (nSPS) is 14.0. The van der Waals surface area contributed by atoms with E-state index in [2.05, 4.69) is 11.2 Å². The van der Waals surface area contributed by atoms with E-state index in [-0.39, 0.29) is 52.1 Å². The van der Waals surface area contributed by atoms with Gasteiger partial charge in [0.05, 0.1) is 31.8 Å². The predicted octanol–water partition coefficient (Wildman–Crippen LogP) is 6.50. The number of phenolic OH excluding ortho intramolecular Hbond substituents is 1. The highest BCUT2D eigenvalue weighted by Crippen LogP contribution is 2.51. The van der Waals surface area contributed by atoms with Gasteiger partial charge in [-0.1, -0.05) is 66.7 Å². The molecule has 41 heavy (non-hydrogen) atoms. The van der Waals surface area contributed by atoms with Crippen molar-refractivity contribution in [2.75, 3.05) is 31.2 Å². The maximum atomic E-state index is 13.6. The zero-order chi connectivity index (χ0) is 28.2. The Balaban J connectivity index is 1.38. The van der Waals surface area contributed by atoms with Gasteiger partial charge in [-0.05, 0) is 29.6 Å². The van der Waals surface area contributed by atoms with Crippen molar-refractivity contribution in [2.45, 2.75) is 13.2 Å². The van der Waals surface area contributed by atoms with E-state index in [1.807, 2.05) is 60.7 Å². The average Bonchev–Trinajstić information content (AvgIpc) is 3.01. The number of rotatable bonds is 9. The van der Waals surface area contributed by atoms with E-state index < -0.39 is 7.57 Å². The lowest BCUT2D eigenvalue weighted by Crippen LogP contribution is -2.36. The summed E-state index contributed by atoms with van der Waals surface area (Å²) in [7, 11) is -3.23. The molecule has 1 aromatic heterocycles. The fourth-order valence-corrected chi connectivity index (χ4v) is 6.06. The summed E-state index contributed by atoms with van der Waals surface area (Å²) in [4.78, 5) is 15.6. The van der Waals surface area contributed by atoms with Crippen LogP contribution < -0.4 is 14.9 Å². The van der Waals surface area contributed by atoms with E-state index in [9.17, 15) is 9.90 Å². The van der Waals surface area contributed by atoms with Gasteiger partial charge in [-0.2, -0.15) is 0 Å².